The van der Waals surface area contributed by atoms with Gasteiger partial charge in [0.25, 0.3) is 5.91 Å². The standard InChI is InChI=1S/C20H26N2O4/c1-4-6-18-21-16(13-26-18)19(23)22-12-5-7-17(22)20(2,24)14-8-10-15(25-3)11-9-14/h8-11,13,17,24H,4-7,12H2,1-3H3. The average molecular weight is 358 g/mol. The minimum Gasteiger partial charge on any atom is -0.497 e. The summed E-state index contributed by atoms with van der Waals surface area (Å²) >= 11 is 0. The molecule has 26 heavy (non-hydrogen) atoms. The molecule has 0 bridgehead atoms. The second kappa shape index (κ2) is 7.50. The molecule has 2 atom stereocenters. The van der Waals surface area contributed by atoms with Crippen molar-refractivity contribution in [3.8, 4) is 5.75 Å². The molecule has 3 rings (SSSR count). The lowest BCUT2D eigenvalue weighted by atomic mass is 9.86. The maximum absolute atomic E-state index is 12.9. The number of hydrogen-bond donors (Lipinski definition) is 1. The number of likely N-dealkylation sites (tertiary alicyclic amines) is 1. The first-order valence-corrected chi connectivity index (χ1v) is 9.09. The van der Waals surface area contributed by atoms with Gasteiger partial charge < -0.3 is 19.2 Å². The van der Waals surface area contributed by atoms with Crippen molar-refractivity contribution in [2.24, 2.45) is 0 Å². The first-order chi connectivity index (χ1) is 12.5. The summed E-state index contributed by atoms with van der Waals surface area (Å²) < 4.78 is 10.6. The Balaban J connectivity index is 1.82. The van der Waals surface area contributed by atoms with Crippen molar-refractivity contribution in [3.63, 3.8) is 0 Å². The van der Waals surface area contributed by atoms with Crippen molar-refractivity contribution in [2.45, 2.75) is 51.2 Å². The van der Waals surface area contributed by atoms with Gasteiger partial charge in [-0.2, -0.15) is 0 Å². The molecule has 1 amide bonds. The molecule has 6 heteroatoms. The molecule has 1 N–H and O–H groups in total. The predicted molar refractivity (Wildman–Crippen MR) is 97.1 cm³/mol. The quantitative estimate of drug-likeness (QED) is 0.858. The molecule has 2 heterocycles. The van der Waals surface area contributed by atoms with Crippen molar-refractivity contribution in [1.82, 2.24) is 9.88 Å². The molecule has 0 saturated carbocycles. The number of oxazole rings is 1. The van der Waals surface area contributed by atoms with E-state index in [0.29, 0.717) is 24.6 Å². The summed E-state index contributed by atoms with van der Waals surface area (Å²) in [5, 5.41) is 11.2. The van der Waals surface area contributed by atoms with Crippen molar-refractivity contribution in [1.29, 1.82) is 0 Å². The van der Waals surface area contributed by atoms with E-state index in [2.05, 4.69) is 4.98 Å². The maximum Gasteiger partial charge on any atom is 0.276 e. The Kier molecular flexibility index (Phi) is 5.32. The SMILES string of the molecule is CCCc1nc(C(=O)N2CCCC2C(C)(O)c2ccc(OC)cc2)co1. The molecule has 1 aromatic carbocycles. The molecule has 0 radical (unpaired) electrons. The van der Waals surface area contributed by atoms with Gasteiger partial charge in [0, 0.05) is 13.0 Å². The van der Waals surface area contributed by atoms with E-state index in [9.17, 15) is 9.90 Å². The highest BCUT2D eigenvalue weighted by atomic mass is 16.5. The lowest BCUT2D eigenvalue weighted by Crippen LogP contribution is -2.48. The first kappa shape index (κ1) is 18.5. The van der Waals surface area contributed by atoms with Crippen LogP contribution in [0, 0.1) is 0 Å². The van der Waals surface area contributed by atoms with Crippen molar-refractivity contribution in [3.05, 3.63) is 47.7 Å². The zero-order valence-electron chi connectivity index (χ0n) is 15.6. The van der Waals surface area contributed by atoms with E-state index >= 15 is 0 Å². The Hall–Kier alpha value is -2.34. The van der Waals surface area contributed by atoms with Gasteiger partial charge in [0.05, 0.1) is 13.2 Å². The molecule has 2 unspecified atom stereocenters. The molecule has 0 aliphatic carbocycles. The Bertz CT molecular complexity index is 751. The molecule has 6 nitrogen and oxygen atoms in total. The fourth-order valence-electron chi connectivity index (χ4n) is 3.60. The minimum atomic E-state index is -1.16. The van der Waals surface area contributed by atoms with Crippen LogP contribution in [0.2, 0.25) is 0 Å². The molecule has 1 aliphatic rings. The van der Waals surface area contributed by atoms with E-state index in [-0.39, 0.29) is 11.9 Å². The van der Waals surface area contributed by atoms with Crippen LogP contribution in [-0.4, -0.2) is 40.6 Å². The number of aliphatic hydroxyl groups is 1. The third-order valence-electron chi connectivity index (χ3n) is 5.07. The number of rotatable bonds is 6. The summed E-state index contributed by atoms with van der Waals surface area (Å²) in [5.41, 5.74) is -0.0882. The summed E-state index contributed by atoms with van der Waals surface area (Å²) in [4.78, 5) is 18.9. The van der Waals surface area contributed by atoms with Crippen LogP contribution < -0.4 is 4.74 Å². The summed E-state index contributed by atoms with van der Waals surface area (Å²) in [6.07, 6.45) is 4.63. The van der Waals surface area contributed by atoms with Gasteiger partial charge in [0.15, 0.2) is 11.6 Å². The number of carbonyl (C=O) groups is 1. The van der Waals surface area contributed by atoms with E-state index in [4.69, 9.17) is 9.15 Å². The maximum atomic E-state index is 12.9. The smallest absolute Gasteiger partial charge is 0.276 e. The third-order valence-corrected chi connectivity index (χ3v) is 5.07. The van der Waals surface area contributed by atoms with Crippen LogP contribution in [0.1, 0.15) is 55.1 Å². The summed E-state index contributed by atoms with van der Waals surface area (Å²) in [5.74, 6) is 1.12. The molecule has 2 aromatic rings. The van der Waals surface area contributed by atoms with E-state index in [0.717, 1.165) is 30.6 Å². The molecule has 0 spiro atoms. The van der Waals surface area contributed by atoms with Gasteiger partial charge in [-0.15, -0.1) is 0 Å². The number of carbonyl (C=O) groups excluding carboxylic acids is 1. The van der Waals surface area contributed by atoms with E-state index in [1.54, 1.807) is 18.9 Å². The number of aromatic nitrogens is 1. The largest absolute Gasteiger partial charge is 0.497 e. The van der Waals surface area contributed by atoms with E-state index in [1.807, 2.05) is 31.2 Å². The lowest BCUT2D eigenvalue weighted by Gasteiger charge is -2.36. The zero-order valence-corrected chi connectivity index (χ0v) is 15.6. The Morgan fingerprint density at radius 3 is 2.81 bits per heavy atom. The van der Waals surface area contributed by atoms with Crippen molar-refractivity contribution < 1.29 is 19.1 Å². The van der Waals surface area contributed by atoms with Crippen LogP contribution in [-0.2, 0) is 12.0 Å². The topological polar surface area (TPSA) is 75.8 Å². The second-order valence-electron chi connectivity index (χ2n) is 6.91. The Morgan fingerprint density at radius 1 is 1.42 bits per heavy atom. The Labute approximate surface area is 153 Å². The van der Waals surface area contributed by atoms with Gasteiger partial charge in [0.1, 0.15) is 17.6 Å². The van der Waals surface area contributed by atoms with Crippen LogP contribution in [0.3, 0.4) is 0 Å². The molecule has 1 saturated heterocycles. The summed E-state index contributed by atoms with van der Waals surface area (Å²) in [7, 11) is 1.61. The van der Waals surface area contributed by atoms with Gasteiger partial charge in [-0.1, -0.05) is 19.1 Å². The van der Waals surface area contributed by atoms with Crippen molar-refractivity contribution >= 4 is 5.91 Å². The van der Waals surface area contributed by atoms with Gasteiger partial charge in [-0.05, 0) is 43.9 Å². The van der Waals surface area contributed by atoms with Crippen molar-refractivity contribution in [2.75, 3.05) is 13.7 Å². The number of aryl methyl sites for hydroxylation is 1. The number of amides is 1. The fourth-order valence-corrected chi connectivity index (χ4v) is 3.60. The number of hydrogen-bond acceptors (Lipinski definition) is 5. The first-order valence-electron chi connectivity index (χ1n) is 9.09. The van der Waals surface area contributed by atoms with Crippen LogP contribution >= 0.6 is 0 Å². The monoisotopic (exact) mass is 358 g/mol. The highest BCUT2D eigenvalue weighted by Gasteiger charge is 2.43. The third kappa shape index (κ3) is 3.46. The van der Waals surface area contributed by atoms with Crippen LogP contribution in [0.15, 0.2) is 34.9 Å². The van der Waals surface area contributed by atoms with Crippen LogP contribution in [0.25, 0.3) is 0 Å². The van der Waals surface area contributed by atoms with E-state index in [1.165, 1.54) is 6.26 Å². The molecular weight excluding hydrogens is 332 g/mol. The molecule has 1 aromatic heterocycles. The van der Waals surface area contributed by atoms with Crippen LogP contribution in [0.5, 0.6) is 5.75 Å². The molecular formula is C20H26N2O4. The number of benzene rings is 1. The van der Waals surface area contributed by atoms with Crippen LogP contribution in [0.4, 0.5) is 0 Å². The lowest BCUT2D eigenvalue weighted by molar-refractivity contribution is -0.0179. The summed E-state index contributed by atoms with van der Waals surface area (Å²) in [6, 6.07) is 7.01. The Morgan fingerprint density at radius 2 is 2.15 bits per heavy atom. The highest BCUT2D eigenvalue weighted by Crippen LogP contribution is 2.36. The van der Waals surface area contributed by atoms with Gasteiger partial charge in [-0.3, -0.25) is 4.79 Å². The fraction of sp³-hybridized carbons (Fsp3) is 0.500. The second-order valence-corrected chi connectivity index (χ2v) is 6.91. The number of ether oxygens (including phenoxy) is 1. The minimum absolute atomic E-state index is 0.188. The molecule has 1 aliphatic heterocycles. The predicted octanol–water partition coefficient (Wildman–Crippen LogP) is 3.15. The van der Waals surface area contributed by atoms with Gasteiger partial charge >= 0.3 is 0 Å². The zero-order chi connectivity index (χ0) is 18.7. The van der Waals surface area contributed by atoms with Gasteiger partial charge in [0.2, 0.25) is 0 Å². The highest BCUT2D eigenvalue weighted by molar-refractivity contribution is 5.92. The number of methoxy groups -OCH3 is 1. The summed E-state index contributed by atoms with van der Waals surface area (Å²) in [6.45, 7) is 4.40. The molecule has 1 fully saturated rings. The van der Waals surface area contributed by atoms with Gasteiger partial charge in [-0.25, -0.2) is 4.98 Å². The average Bonchev–Trinajstić information content (AvgIpc) is 3.31. The van der Waals surface area contributed by atoms with E-state index < -0.39 is 5.60 Å². The molecule has 140 valence electrons. The normalized spacial score (nSPS) is 19.4. The number of nitrogens with zero attached hydrogens (tertiary/aromatic N) is 2.